The predicted octanol–water partition coefficient (Wildman–Crippen LogP) is 31.5. The quantitative estimate of drug-likeness (QED) is 0.0902. The van der Waals surface area contributed by atoms with Crippen molar-refractivity contribution in [3.63, 3.8) is 0 Å². The van der Waals surface area contributed by atoms with Gasteiger partial charge in [-0.2, -0.15) is 0 Å². The first-order valence-electron chi connectivity index (χ1n) is 38.9. The lowest BCUT2D eigenvalue weighted by Gasteiger charge is -2.28. The summed E-state index contributed by atoms with van der Waals surface area (Å²) in [5, 5.41) is 13.6. The van der Waals surface area contributed by atoms with E-state index < -0.39 is 0 Å². The molecule has 536 valence electrons. The van der Waals surface area contributed by atoms with Crippen molar-refractivity contribution in [1.29, 1.82) is 0 Å². The molecule has 0 aliphatic carbocycles. The van der Waals surface area contributed by atoms with Crippen LogP contribution in [0.15, 0.2) is 426 Å². The maximum Gasteiger partial charge on any atom is 0.136 e. The second kappa shape index (κ2) is 28.1. The molecule has 5 nitrogen and oxygen atoms in total. The molecule has 0 saturated heterocycles. The van der Waals surface area contributed by atoms with E-state index in [0.717, 1.165) is 183 Å². The highest BCUT2D eigenvalue weighted by atomic mass is 16.3. The summed E-state index contributed by atoms with van der Waals surface area (Å²) in [6.07, 6.45) is 6.50. The molecule has 5 heteroatoms. The van der Waals surface area contributed by atoms with Gasteiger partial charge in [0.25, 0.3) is 0 Å². The normalized spacial score (nSPS) is 12.0. The van der Waals surface area contributed by atoms with Gasteiger partial charge in [0.05, 0.1) is 11.4 Å². The Balaban J connectivity index is 0.612. The molecule has 0 radical (unpaired) electrons. The van der Waals surface area contributed by atoms with Crippen LogP contribution >= 0.6 is 0 Å². The molecule has 18 aromatic carbocycles. The lowest BCUT2D eigenvalue weighted by molar-refractivity contribution is 0.668. The Bertz CT molecular complexity index is 7460. The summed E-state index contributed by atoms with van der Waals surface area (Å²) in [5.41, 5.74) is 28.9. The van der Waals surface area contributed by atoms with E-state index in [1.807, 2.05) is 24.3 Å². The topological polar surface area (TPSA) is 45.9 Å². The fraction of sp³-hybridized carbons (Fsp3) is 0.00917. The maximum atomic E-state index is 7.00. The smallest absolute Gasteiger partial charge is 0.136 e. The minimum absolute atomic E-state index is 0.823. The third-order valence-corrected chi connectivity index (χ3v) is 22.8. The number of furan rings is 3. The monoisotopic (exact) mass is 1460 g/mol. The number of anilines is 6. The van der Waals surface area contributed by atoms with Crippen LogP contribution in [-0.4, -0.2) is 0 Å². The van der Waals surface area contributed by atoms with Crippen LogP contribution in [0.25, 0.3) is 176 Å². The Morgan fingerprint density at radius 2 is 0.693 bits per heavy atom. The Kier molecular flexibility index (Phi) is 16.6. The first kappa shape index (κ1) is 67.1. The predicted molar refractivity (Wildman–Crippen MR) is 481 cm³/mol. The number of rotatable bonds is 16. The van der Waals surface area contributed by atoms with Crippen LogP contribution in [0, 0.1) is 0 Å². The van der Waals surface area contributed by atoms with Crippen molar-refractivity contribution in [3.8, 4) is 66.8 Å². The minimum Gasteiger partial charge on any atom is -0.456 e. The summed E-state index contributed by atoms with van der Waals surface area (Å²) in [5.74, 6) is 0. The van der Waals surface area contributed by atoms with Gasteiger partial charge in [0.2, 0.25) is 0 Å². The number of allylic oxidation sites excluding steroid dienone is 5. The van der Waals surface area contributed by atoms with Gasteiger partial charge in [-0.1, -0.05) is 298 Å². The van der Waals surface area contributed by atoms with E-state index >= 15 is 0 Å². The van der Waals surface area contributed by atoms with Crippen LogP contribution < -0.4 is 9.80 Å². The molecule has 3 aromatic heterocycles. The fourth-order valence-electron chi connectivity index (χ4n) is 17.3. The van der Waals surface area contributed by atoms with E-state index in [-0.39, 0.29) is 0 Å². The Morgan fingerprint density at radius 3 is 1.40 bits per heavy atom. The SMILES string of the molecule is C=C(/C=C\C(=C/C)c1cccc2ccccc12)c1ccc(N(c2cccc(-c3cccc4ccccc34)c2)c2ccccc2-c2cccc3oc4cc(-c5ccc6cccc(-c7cccc(-c8ccc(N(c9ccc%10oc%11ccccc%11c%10c9)c9ccccc9-c9cccc%10oc%11ccccc%11c9%10)cc8)c7)c6c5)ccc4c23)cc1. The summed E-state index contributed by atoms with van der Waals surface area (Å²) in [4.78, 5) is 4.78. The number of hydrogen-bond acceptors (Lipinski definition) is 5. The molecular weight excluding hydrogens is 1390 g/mol. The Labute approximate surface area is 660 Å². The van der Waals surface area contributed by atoms with Crippen LogP contribution in [0.2, 0.25) is 0 Å². The molecule has 0 amide bonds. The summed E-state index contributed by atoms with van der Waals surface area (Å²) in [6.45, 7) is 6.71. The zero-order chi connectivity index (χ0) is 75.7. The van der Waals surface area contributed by atoms with Gasteiger partial charge in [0.15, 0.2) is 0 Å². The van der Waals surface area contributed by atoms with Crippen LogP contribution in [0.4, 0.5) is 34.1 Å². The van der Waals surface area contributed by atoms with Gasteiger partial charge in [-0.3, -0.25) is 0 Å². The zero-order valence-corrected chi connectivity index (χ0v) is 62.5. The summed E-state index contributed by atoms with van der Waals surface area (Å²) in [6, 6.07) is 140. The standard InChI is InChI=1S/C109H72N2O3/c1-3-71(86-38-18-25-74-23-4-6-32-87(74)86)50-49-70(2)72-53-58-82(59-54-72)110(84-31-17-30-81(66-84)89-39-19-26-75-24-5-7-33-88(75)89)100-43-12-8-35-92(100)95-42-22-48-106-109(95)97-63-57-79(68-107(97)114-106)78-52-51-76-27-20-40-90(98(76)67-78)80-29-16-28-77(65-80)73-55-60-83(61-56-73)111(85-62-64-104-99(69-85)93-36-10-14-45-102(93)112-104)101-44-13-9-34-91(101)94-41-21-47-105-108(94)96-37-11-15-46-103(96)113-105/h3-69H,2H2,1H3/b50-49-,71-3+. The van der Waals surface area contributed by atoms with Crippen molar-refractivity contribution in [2.75, 3.05) is 9.80 Å². The average Bonchev–Trinajstić information content (AvgIpc) is 1.52. The molecule has 114 heavy (non-hydrogen) atoms. The van der Waals surface area contributed by atoms with E-state index in [0.29, 0.717) is 0 Å². The second-order valence-electron chi connectivity index (χ2n) is 29.4. The van der Waals surface area contributed by atoms with Gasteiger partial charge >= 0.3 is 0 Å². The Morgan fingerprint density at radius 1 is 0.254 bits per heavy atom. The molecule has 0 bridgehead atoms. The van der Waals surface area contributed by atoms with Crippen LogP contribution in [0.3, 0.4) is 0 Å². The molecule has 0 aliphatic rings. The van der Waals surface area contributed by atoms with E-state index in [1.54, 1.807) is 0 Å². The molecule has 21 aromatic rings. The first-order chi connectivity index (χ1) is 56.4. The highest BCUT2D eigenvalue weighted by Crippen LogP contribution is 2.50. The zero-order valence-electron chi connectivity index (χ0n) is 62.5. The van der Waals surface area contributed by atoms with Crippen molar-refractivity contribution >= 4 is 143 Å². The summed E-state index contributed by atoms with van der Waals surface area (Å²) < 4.78 is 19.9. The molecule has 0 unspecified atom stereocenters. The van der Waals surface area contributed by atoms with Crippen LogP contribution in [0.5, 0.6) is 0 Å². The highest BCUT2D eigenvalue weighted by Gasteiger charge is 2.25. The summed E-state index contributed by atoms with van der Waals surface area (Å²) in [7, 11) is 0. The third kappa shape index (κ3) is 11.8. The molecule has 3 heterocycles. The molecule has 0 atom stereocenters. The van der Waals surface area contributed by atoms with E-state index in [9.17, 15) is 0 Å². The van der Waals surface area contributed by atoms with Gasteiger partial charge in [0.1, 0.15) is 33.5 Å². The average molecular weight is 1460 g/mol. The molecule has 0 saturated carbocycles. The number of para-hydroxylation sites is 4. The van der Waals surface area contributed by atoms with Crippen molar-refractivity contribution in [2.45, 2.75) is 6.92 Å². The second-order valence-corrected chi connectivity index (χ2v) is 29.4. The van der Waals surface area contributed by atoms with Gasteiger partial charge in [-0.05, 0) is 232 Å². The first-order valence-corrected chi connectivity index (χ1v) is 38.9. The van der Waals surface area contributed by atoms with Gasteiger partial charge < -0.3 is 23.1 Å². The fourth-order valence-corrected chi connectivity index (χ4v) is 17.3. The molecule has 0 spiro atoms. The third-order valence-electron chi connectivity index (χ3n) is 22.8. The van der Waals surface area contributed by atoms with E-state index in [2.05, 4.69) is 406 Å². The molecule has 0 N–H and O–H groups in total. The summed E-state index contributed by atoms with van der Waals surface area (Å²) >= 11 is 0. The lowest BCUT2D eigenvalue weighted by atomic mass is 9.92. The number of nitrogens with zero attached hydrogens (tertiary/aromatic N) is 2. The number of benzene rings is 18. The highest BCUT2D eigenvalue weighted by molar-refractivity contribution is 6.17. The van der Waals surface area contributed by atoms with Crippen molar-refractivity contribution in [2.24, 2.45) is 0 Å². The van der Waals surface area contributed by atoms with E-state index in [1.165, 1.54) is 38.1 Å². The molecule has 0 aliphatic heterocycles. The van der Waals surface area contributed by atoms with Gasteiger partial charge in [0, 0.05) is 66.2 Å². The van der Waals surface area contributed by atoms with Crippen molar-refractivity contribution < 1.29 is 13.3 Å². The number of fused-ring (bicyclic) bond motifs is 12. The minimum atomic E-state index is 0.823. The van der Waals surface area contributed by atoms with Crippen molar-refractivity contribution in [1.82, 2.24) is 0 Å². The van der Waals surface area contributed by atoms with Crippen molar-refractivity contribution in [3.05, 3.63) is 424 Å². The van der Waals surface area contributed by atoms with Gasteiger partial charge in [-0.15, -0.1) is 0 Å². The van der Waals surface area contributed by atoms with E-state index in [4.69, 9.17) is 13.3 Å². The Hall–Kier alpha value is -15.0. The van der Waals surface area contributed by atoms with Gasteiger partial charge in [-0.25, -0.2) is 0 Å². The number of hydrogen-bond donors (Lipinski definition) is 0. The molecular formula is C109H72N2O3. The van der Waals surface area contributed by atoms with Crippen LogP contribution in [0.1, 0.15) is 18.1 Å². The molecule has 0 fully saturated rings. The lowest BCUT2D eigenvalue weighted by Crippen LogP contribution is -2.11. The largest absolute Gasteiger partial charge is 0.456 e. The molecule has 21 rings (SSSR count). The maximum absolute atomic E-state index is 7.00. The van der Waals surface area contributed by atoms with Crippen LogP contribution in [-0.2, 0) is 0 Å².